The van der Waals surface area contributed by atoms with Gasteiger partial charge in [-0.1, -0.05) is 39.8 Å². The second kappa shape index (κ2) is 6.22. The van der Waals surface area contributed by atoms with E-state index in [2.05, 4.69) is 38.3 Å². The first kappa shape index (κ1) is 17.3. The zero-order valence-electron chi connectivity index (χ0n) is 14.5. The Morgan fingerprint density at radius 3 is 2.00 bits per heavy atom. The molecule has 1 aliphatic heterocycles. The monoisotopic (exact) mass is 318 g/mol. The van der Waals surface area contributed by atoms with Crippen LogP contribution in [-0.2, 0) is 11.2 Å². The van der Waals surface area contributed by atoms with E-state index in [0.717, 1.165) is 16.7 Å². The molecule has 1 saturated heterocycles. The third kappa shape index (κ3) is 3.49. The number of aryl methyl sites for hydroxylation is 1. The molecule has 0 saturated carbocycles. The number of benzene rings is 1. The molecule has 1 aliphatic rings. The van der Waals surface area contributed by atoms with Gasteiger partial charge in [0, 0.05) is 0 Å². The van der Waals surface area contributed by atoms with Crippen molar-refractivity contribution in [1.82, 2.24) is 10.6 Å². The van der Waals surface area contributed by atoms with Crippen molar-refractivity contribution < 1.29 is 14.7 Å². The number of carbonyl (C=O) groups is 2. The van der Waals surface area contributed by atoms with Crippen LogP contribution < -0.4 is 10.6 Å². The molecule has 1 unspecified atom stereocenters. The average molecular weight is 318 g/mol. The van der Waals surface area contributed by atoms with Crippen LogP contribution in [-0.4, -0.2) is 22.6 Å². The molecule has 126 valence electrons. The quantitative estimate of drug-likeness (QED) is 0.730. The average Bonchev–Trinajstić information content (AvgIpc) is 2.70. The van der Waals surface area contributed by atoms with Crippen molar-refractivity contribution in [2.75, 3.05) is 0 Å². The van der Waals surface area contributed by atoms with Crippen molar-refractivity contribution in [3.05, 3.63) is 28.8 Å². The van der Waals surface area contributed by atoms with Crippen LogP contribution in [0.3, 0.4) is 0 Å². The normalized spacial score (nSPS) is 21.0. The van der Waals surface area contributed by atoms with E-state index < -0.39 is 11.6 Å². The molecule has 1 aromatic rings. The zero-order chi connectivity index (χ0) is 17.4. The summed E-state index contributed by atoms with van der Waals surface area (Å²) in [5, 5.41) is 15.4. The van der Waals surface area contributed by atoms with Gasteiger partial charge in [-0.15, -0.1) is 0 Å². The van der Waals surface area contributed by atoms with Crippen molar-refractivity contribution >= 4 is 11.9 Å². The minimum Gasteiger partial charge on any atom is -0.507 e. The maximum atomic E-state index is 11.9. The molecule has 0 radical (unpaired) electrons. The van der Waals surface area contributed by atoms with Crippen molar-refractivity contribution in [3.8, 4) is 5.75 Å². The van der Waals surface area contributed by atoms with E-state index in [-0.39, 0.29) is 17.7 Å². The molecule has 1 heterocycles. The van der Waals surface area contributed by atoms with Crippen LogP contribution in [0, 0.1) is 0 Å². The first-order valence-corrected chi connectivity index (χ1v) is 8.13. The van der Waals surface area contributed by atoms with Crippen LogP contribution in [0.5, 0.6) is 5.75 Å². The number of carbonyl (C=O) groups excluding carboxylic acids is 2. The van der Waals surface area contributed by atoms with Gasteiger partial charge < -0.3 is 10.4 Å². The van der Waals surface area contributed by atoms with Crippen LogP contribution in [0.15, 0.2) is 12.1 Å². The Morgan fingerprint density at radius 2 is 1.61 bits per heavy atom. The number of hydrogen-bond donors (Lipinski definition) is 3. The molecule has 3 N–H and O–H groups in total. The van der Waals surface area contributed by atoms with Crippen LogP contribution >= 0.6 is 0 Å². The summed E-state index contributed by atoms with van der Waals surface area (Å²) < 4.78 is 0. The summed E-state index contributed by atoms with van der Waals surface area (Å²) in [5.74, 6) is 0.529. The predicted molar refractivity (Wildman–Crippen MR) is 89.7 cm³/mol. The van der Waals surface area contributed by atoms with Crippen molar-refractivity contribution in [3.63, 3.8) is 0 Å². The molecule has 1 atom stereocenters. The SMILES string of the molecule is CC(C)c1cc(CCC2(C)NC(=O)NC2=O)cc(C(C)C)c1O. The van der Waals surface area contributed by atoms with Crippen molar-refractivity contribution in [1.29, 1.82) is 0 Å². The molecule has 1 fully saturated rings. The molecule has 5 nitrogen and oxygen atoms in total. The molecule has 0 aromatic heterocycles. The van der Waals surface area contributed by atoms with E-state index in [1.165, 1.54) is 0 Å². The van der Waals surface area contributed by atoms with Gasteiger partial charge in [0.2, 0.25) is 0 Å². The number of urea groups is 1. The Balaban J connectivity index is 2.26. The fourth-order valence-corrected chi connectivity index (χ4v) is 2.92. The van der Waals surface area contributed by atoms with Gasteiger partial charge in [0.25, 0.3) is 5.91 Å². The Kier molecular flexibility index (Phi) is 4.68. The topological polar surface area (TPSA) is 78.4 Å². The van der Waals surface area contributed by atoms with E-state index in [4.69, 9.17) is 0 Å². The van der Waals surface area contributed by atoms with E-state index in [1.807, 2.05) is 12.1 Å². The highest BCUT2D eigenvalue weighted by Crippen LogP contribution is 2.35. The zero-order valence-corrected chi connectivity index (χ0v) is 14.5. The summed E-state index contributed by atoms with van der Waals surface area (Å²) in [5.41, 5.74) is 2.06. The van der Waals surface area contributed by atoms with E-state index in [1.54, 1.807) is 6.92 Å². The molecule has 3 amide bonds. The van der Waals surface area contributed by atoms with Gasteiger partial charge in [0.1, 0.15) is 11.3 Å². The highest BCUT2D eigenvalue weighted by atomic mass is 16.3. The van der Waals surface area contributed by atoms with Crippen LogP contribution in [0.1, 0.15) is 69.6 Å². The molecule has 0 bridgehead atoms. The van der Waals surface area contributed by atoms with E-state index in [9.17, 15) is 14.7 Å². The predicted octanol–water partition coefficient (Wildman–Crippen LogP) is 3.17. The third-order valence-corrected chi connectivity index (χ3v) is 4.50. The number of hydrogen-bond acceptors (Lipinski definition) is 3. The summed E-state index contributed by atoms with van der Waals surface area (Å²) in [6.07, 6.45) is 1.17. The molecule has 2 rings (SSSR count). The lowest BCUT2D eigenvalue weighted by Crippen LogP contribution is -2.43. The fraction of sp³-hybridized carbons (Fsp3) is 0.556. The summed E-state index contributed by atoms with van der Waals surface area (Å²) in [6, 6.07) is 3.57. The molecule has 0 spiro atoms. The summed E-state index contributed by atoms with van der Waals surface area (Å²) in [4.78, 5) is 23.2. The largest absolute Gasteiger partial charge is 0.507 e. The Bertz CT molecular complexity index is 608. The van der Waals surface area contributed by atoms with Gasteiger partial charge >= 0.3 is 6.03 Å². The minimum absolute atomic E-state index is 0.220. The standard InChI is InChI=1S/C18H26N2O3/c1-10(2)13-8-12(9-14(11(3)4)15(13)21)6-7-18(5)16(22)19-17(23)20-18/h8-11,21H,6-7H2,1-5H3,(H2,19,20,22,23). The summed E-state index contributed by atoms with van der Waals surface area (Å²) in [7, 11) is 0. The first-order valence-electron chi connectivity index (χ1n) is 8.13. The van der Waals surface area contributed by atoms with Crippen LogP contribution in [0.2, 0.25) is 0 Å². The summed E-state index contributed by atoms with van der Waals surface area (Å²) >= 11 is 0. The lowest BCUT2D eigenvalue weighted by molar-refractivity contribution is -0.123. The van der Waals surface area contributed by atoms with Gasteiger partial charge in [-0.3, -0.25) is 10.1 Å². The van der Waals surface area contributed by atoms with Gasteiger partial charge in [0.05, 0.1) is 0 Å². The van der Waals surface area contributed by atoms with Gasteiger partial charge in [-0.25, -0.2) is 4.79 Å². The number of imide groups is 1. The highest BCUT2D eigenvalue weighted by molar-refractivity contribution is 6.06. The lowest BCUT2D eigenvalue weighted by atomic mass is 9.88. The van der Waals surface area contributed by atoms with Crippen LogP contribution in [0.25, 0.3) is 0 Å². The Hall–Kier alpha value is -2.04. The van der Waals surface area contributed by atoms with E-state index >= 15 is 0 Å². The molecular formula is C18H26N2O3. The molecule has 23 heavy (non-hydrogen) atoms. The third-order valence-electron chi connectivity index (χ3n) is 4.50. The molecule has 5 heteroatoms. The number of phenolic OH excluding ortho intramolecular Hbond substituents is 1. The number of aromatic hydroxyl groups is 1. The first-order chi connectivity index (χ1) is 10.6. The van der Waals surface area contributed by atoms with Gasteiger partial charge in [-0.05, 0) is 48.3 Å². The lowest BCUT2D eigenvalue weighted by Gasteiger charge is -2.22. The number of rotatable bonds is 5. The molecular weight excluding hydrogens is 292 g/mol. The second-order valence-corrected chi connectivity index (χ2v) is 7.17. The number of phenols is 1. The Morgan fingerprint density at radius 1 is 1.09 bits per heavy atom. The maximum absolute atomic E-state index is 11.9. The molecule has 0 aliphatic carbocycles. The van der Waals surface area contributed by atoms with Gasteiger partial charge in [-0.2, -0.15) is 0 Å². The number of nitrogens with one attached hydrogen (secondary N) is 2. The summed E-state index contributed by atoms with van der Waals surface area (Å²) in [6.45, 7) is 9.94. The minimum atomic E-state index is -0.870. The molecule has 1 aromatic carbocycles. The Labute approximate surface area is 137 Å². The highest BCUT2D eigenvalue weighted by Gasteiger charge is 2.41. The number of amides is 3. The second-order valence-electron chi connectivity index (χ2n) is 7.17. The fourth-order valence-electron chi connectivity index (χ4n) is 2.92. The van der Waals surface area contributed by atoms with Crippen molar-refractivity contribution in [2.45, 2.75) is 64.8 Å². The van der Waals surface area contributed by atoms with Crippen molar-refractivity contribution in [2.24, 2.45) is 0 Å². The smallest absolute Gasteiger partial charge is 0.322 e. The maximum Gasteiger partial charge on any atom is 0.322 e. The van der Waals surface area contributed by atoms with Gasteiger partial charge in [0.15, 0.2) is 0 Å². The van der Waals surface area contributed by atoms with E-state index in [0.29, 0.717) is 18.6 Å². The van der Waals surface area contributed by atoms with Crippen LogP contribution in [0.4, 0.5) is 4.79 Å².